The standard InChI is InChI=1S/C10H18O5/c1-10(2)14-6-8(15-10)7(11)5-9-12-3-4-13-9/h7-9,11H,3-6H2,1-2H3/t7-,8+/m0/s1. The van der Waals surface area contributed by atoms with Gasteiger partial charge in [-0.15, -0.1) is 0 Å². The number of hydrogen-bond donors (Lipinski definition) is 1. The van der Waals surface area contributed by atoms with Gasteiger partial charge in [0.25, 0.3) is 0 Å². The molecule has 0 aromatic rings. The van der Waals surface area contributed by atoms with E-state index in [1.165, 1.54) is 0 Å². The Kier molecular flexibility index (Phi) is 3.27. The van der Waals surface area contributed by atoms with E-state index in [9.17, 15) is 5.11 Å². The van der Waals surface area contributed by atoms with Gasteiger partial charge in [0.05, 0.1) is 25.9 Å². The van der Waals surface area contributed by atoms with E-state index in [-0.39, 0.29) is 12.4 Å². The molecule has 2 fully saturated rings. The molecule has 15 heavy (non-hydrogen) atoms. The van der Waals surface area contributed by atoms with Crippen molar-refractivity contribution in [2.75, 3.05) is 19.8 Å². The summed E-state index contributed by atoms with van der Waals surface area (Å²) in [6.07, 6.45) is -0.751. The second-order valence-corrected chi connectivity index (χ2v) is 4.34. The Hall–Kier alpha value is -0.200. The van der Waals surface area contributed by atoms with Crippen LogP contribution in [0.15, 0.2) is 0 Å². The van der Waals surface area contributed by atoms with Crippen LogP contribution in [0.25, 0.3) is 0 Å². The fourth-order valence-corrected chi connectivity index (χ4v) is 1.80. The van der Waals surface area contributed by atoms with Crippen LogP contribution in [-0.2, 0) is 18.9 Å². The zero-order chi connectivity index (χ0) is 10.9. The first-order valence-electron chi connectivity index (χ1n) is 5.30. The Balaban J connectivity index is 1.78. The topological polar surface area (TPSA) is 57.2 Å². The highest BCUT2D eigenvalue weighted by atomic mass is 16.7. The van der Waals surface area contributed by atoms with Crippen molar-refractivity contribution in [2.45, 2.75) is 44.6 Å². The summed E-state index contributed by atoms with van der Waals surface area (Å²) < 4.78 is 21.4. The minimum absolute atomic E-state index is 0.284. The van der Waals surface area contributed by atoms with E-state index in [2.05, 4.69) is 0 Å². The van der Waals surface area contributed by atoms with Crippen LogP contribution < -0.4 is 0 Å². The summed E-state index contributed by atoms with van der Waals surface area (Å²) in [5.74, 6) is -0.594. The third kappa shape index (κ3) is 2.89. The molecular formula is C10H18O5. The summed E-state index contributed by atoms with van der Waals surface area (Å²) >= 11 is 0. The minimum atomic E-state index is -0.602. The number of aliphatic hydroxyl groups excluding tert-OH is 1. The van der Waals surface area contributed by atoms with E-state index < -0.39 is 11.9 Å². The predicted molar refractivity (Wildman–Crippen MR) is 51.2 cm³/mol. The number of rotatable bonds is 3. The quantitative estimate of drug-likeness (QED) is 0.736. The maximum absolute atomic E-state index is 9.88. The summed E-state index contributed by atoms with van der Waals surface area (Å²) in [6.45, 7) is 5.29. The van der Waals surface area contributed by atoms with Crippen LogP contribution >= 0.6 is 0 Å². The smallest absolute Gasteiger partial charge is 0.163 e. The van der Waals surface area contributed by atoms with Crippen LogP contribution in [0.2, 0.25) is 0 Å². The highest BCUT2D eigenvalue weighted by Crippen LogP contribution is 2.26. The zero-order valence-electron chi connectivity index (χ0n) is 9.14. The number of aliphatic hydroxyl groups is 1. The van der Waals surface area contributed by atoms with Gasteiger partial charge in [0.2, 0.25) is 0 Å². The fraction of sp³-hybridized carbons (Fsp3) is 1.00. The van der Waals surface area contributed by atoms with Crippen molar-refractivity contribution in [3.8, 4) is 0 Å². The second-order valence-electron chi connectivity index (χ2n) is 4.34. The zero-order valence-corrected chi connectivity index (χ0v) is 9.14. The van der Waals surface area contributed by atoms with Gasteiger partial charge in [-0.1, -0.05) is 0 Å². The highest BCUT2D eigenvalue weighted by molar-refractivity contribution is 4.78. The monoisotopic (exact) mass is 218 g/mol. The maximum Gasteiger partial charge on any atom is 0.163 e. The molecular weight excluding hydrogens is 200 g/mol. The molecule has 0 radical (unpaired) electrons. The van der Waals surface area contributed by atoms with Crippen LogP contribution in [0, 0.1) is 0 Å². The van der Waals surface area contributed by atoms with Crippen LogP contribution in [-0.4, -0.2) is 49.2 Å². The van der Waals surface area contributed by atoms with Crippen molar-refractivity contribution in [1.29, 1.82) is 0 Å². The first-order valence-corrected chi connectivity index (χ1v) is 5.30. The first kappa shape index (κ1) is 11.3. The third-order valence-electron chi connectivity index (χ3n) is 2.58. The van der Waals surface area contributed by atoms with Crippen LogP contribution in [0.4, 0.5) is 0 Å². The van der Waals surface area contributed by atoms with Crippen molar-refractivity contribution >= 4 is 0 Å². The highest BCUT2D eigenvalue weighted by Gasteiger charge is 2.38. The van der Waals surface area contributed by atoms with Crippen LogP contribution in [0.5, 0.6) is 0 Å². The minimum Gasteiger partial charge on any atom is -0.390 e. The molecule has 5 heteroatoms. The molecule has 0 aromatic carbocycles. The molecule has 0 amide bonds. The summed E-state index contributed by atoms with van der Waals surface area (Å²) in [5, 5.41) is 9.88. The van der Waals surface area contributed by atoms with E-state index in [1.807, 2.05) is 13.8 Å². The van der Waals surface area contributed by atoms with E-state index in [0.717, 1.165) is 0 Å². The van der Waals surface area contributed by atoms with Gasteiger partial charge in [0.15, 0.2) is 12.1 Å². The Morgan fingerprint density at radius 3 is 2.53 bits per heavy atom. The summed E-state index contributed by atoms with van der Waals surface area (Å²) in [7, 11) is 0. The molecule has 2 atom stereocenters. The predicted octanol–water partition coefficient (Wildman–Crippen LogP) is 0.262. The molecule has 0 aliphatic carbocycles. The first-order chi connectivity index (χ1) is 7.07. The van der Waals surface area contributed by atoms with Crippen molar-refractivity contribution < 1.29 is 24.1 Å². The van der Waals surface area contributed by atoms with Crippen molar-refractivity contribution in [1.82, 2.24) is 0 Å². The van der Waals surface area contributed by atoms with Gasteiger partial charge in [-0.2, -0.15) is 0 Å². The SMILES string of the molecule is CC1(C)OC[C@H]([C@@H](O)CC2OCCO2)O1. The van der Waals surface area contributed by atoms with E-state index in [4.69, 9.17) is 18.9 Å². The molecule has 2 rings (SSSR count). The average molecular weight is 218 g/mol. The molecule has 2 aliphatic heterocycles. The lowest BCUT2D eigenvalue weighted by atomic mass is 10.1. The molecule has 0 bridgehead atoms. The molecule has 0 unspecified atom stereocenters. The fourth-order valence-electron chi connectivity index (χ4n) is 1.80. The molecule has 0 spiro atoms. The summed E-state index contributed by atoms with van der Waals surface area (Å²) in [6, 6.07) is 0. The summed E-state index contributed by atoms with van der Waals surface area (Å²) in [4.78, 5) is 0. The molecule has 5 nitrogen and oxygen atoms in total. The summed E-state index contributed by atoms with van der Waals surface area (Å²) in [5.41, 5.74) is 0. The van der Waals surface area contributed by atoms with Crippen molar-refractivity contribution in [3.05, 3.63) is 0 Å². The van der Waals surface area contributed by atoms with Crippen LogP contribution in [0.3, 0.4) is 0 Å². The van der Waals surface area contributed by atoms with Gasteiger partial charge in [-0.25, -0.2) is 0 Å². The van der Waals surface area contributed by atoms with Crippen LogP contribution in [0.1, 0.15) is 20.3 Å². The van der Waals surface area contributed by atoms with Crippen molar-refractivity contribution in [2.24, 2.45) is 0 Å². The second kappa shape index (κ2) is 4.35. The van der Waals surface area contributed by atoms with Gasteiger partial charge in [-0.05, 0) is 13.8 Å². The largest absolute Gasteiger partial charge is 0.390 e. The number of hydrogen-bond acceptors (Lipinski definition) is 5. The Morgan fingerprint density at radius 2 is 2.00 bits per heavy atom. The maximum atomic E-state index is 9.88. The average Bonchev–Trinajstić information content (AvgIpc) is 2.74. The van der Waals surface area contributed by atoms with E-state index in [0.29, 0.717) is 26.2 Å². The lowest BCUT2D eigenvalue weighted by Crippen LogP contribution is -2.33. The molecule has 2 aliphatic rings. The van der Waals surface area contributed by atoms with E-state index >= 15 is 0 Å². The van der Waals surface area contributed by atoms with Gasteiger partial charge >= 0.3 is 0 Å². The van der Waals surface area contributed by atoms with Gasteiger partial charge in [0, 0.05) is 6.42 Å². The van der Waals surface area contributed by atoms with Gasteiger partial charge in [-0.3, -0.25) is 0 Å². The molecule has 88 valence electrons. The molecule has 0 saturated carbocycles. The van der Waals surface area contributed by atoms with Gasteiger partial charge < -0.3 is 24.1 Å². The van der Waals surface area contributed by atoms with E-state index in [1.54, 1.807) is 0 Å². The molecule has 2 saturated heterocycles. The Morgan fingerprint density at radius 1 is 1.33 bits per heavy atom. The van der Waals surface area contributed by atoms with Gasteiger partial charge in [0.1, 0.15) is 6.10 Å². The number of ether oxygens (including phenoxy) is 4. The Labute approximate surface area is 89.3 Å². The molecule has 1 N–H and O–H groups in total. The molecule has 0 aromatic heterocycles. The lowest BCUT2D eigenvalue weighted by molar-refractivity contribution is -0.159. The molecule has 2 heterocycles. The lowest BCUT2D eigenvalue weighted by Gasteiger charge is -2.21. The van der Waals surface area contributed by atoms with Crippen molar-refractivity contribution in [3.63, 3.8) is 0 Å². The normalized spacial score (nSPS) is 33.4. The Bertz CT molecular complexity index is 212. The third-order valence-corrected chi connectivity index (χ3v) is 2.58.